The van der Waals surface area contributed by atoms with E-state index in [0.717, 1.165) is 35.2 Å². The van der Waals surface area contributed by atoms with Gasteiger partial charge in [0.1, 0.15) is 0 Å². The fraction of sp³-hybridized carbons (Fsp3) is 0.333. The molecule has 0 bridgehead atoms. The average molecular weight is 389 g/mol. The summed E-state index contributed by atoms with van der Waals surface area (Å²) in [6.07, 6.45) is 5.88. The van der Waals surface area contributed by atoms with Gasteiger partial charge >= 0.3 is 0 Å². The van der Waals surface area contributed by atoms with Crippen LogP contribution in [0, 0.1) is 11.1 Å². The molecule has 8 nitrogen and oxygen atoms in total. The van der Waals surface area contributed by atoms with Crippen molar-refractivity contribution in [1.82, 2.24) is 20.1 Å². The Morgan fingerprint density at radius 3 is 3.03 bits per heavy atom. The lowest BCUT2D eigenvalue weighted by Gasteiger charge is -2.17. The highest BCUT2D eigenvalue weighted by molar-refractivity contribution is 5.95. The van der Waals surface area contributed by atoms with Gasteiger partial charge in [0.15, 0.2) is 11.9 Å². The number of hydrogen-bond acceptors (Lipinski definition) is 5. The van der Waals surface area contributed by atoms with Crippen LogP contribution in [-0.2, 0) is 12.8 Å². The maximum absolute atomic E-state index is 13.2. The monoisotopic (exact) mass is 389 g/mol. The van der Waals surface area contributed by atoms with Gasteiger partial charge < -0.3 is 15.6 Å². The smallest absolute Gasteiger partial charge is 0.272 e. The maximum atomic E-state index is 13.2. The summed E-state index contributed by atoms with van der Waals surface area (Å²) in [5, 5.41) is 29.7. The Morgan fingerprint density at radius 1 is 1.31 bits per heavy atom. The van der Waals surface area contributed by atoms with Gasteiger partial charge in [-0.1, -0.05) is 24.3 Å². The average Bonchev–Trinajstić information content (AvgIpc) is 3.06. The number of carbonyl (C=O) groups excluding carboxylic acids is 1. The van der Waals surface area contributed by atoms with Gasteiger partial charge in [0.2, 0.25) is 12.0 Å². The summed E-state index contributed by atoms with van der Waals surface area (Å²) < 4.78 is 2.33. The number of hydrogen-bond donors (Lipinski definition) is 2. The number of aromatic nitrogens is 4. The number of carbonyl (C=O) groups is 1. The Bertz CT molecular complexity index is 1160. The molecule has 1 amide bonds. The first kappa shape index (κ1) is 16.7. The van der Waals surface area contributed by atoms with Gasteiger partial charge in [-0.3, -0.25) is 4.79 Å². The highest BCUT2D eigenvalue weighted by Gasteiger charge is 2.50. The summed E-state index contributed by atoms with van der Waals surface area (Å²) in [6, 6.07) is 7.31. The van der Waals surface area contributed by atoms with E-state index in [1.807, 2.05) is 24.3 Å². The molecule has 0 aliphatic heterocycles. The van der Waals surface area contributed by atoms with E-state index in [4.69, 9.17) is 0 Å². The van der Waals surface area contributed by atoms with Gasteiger partial charge in [-0.2, -0.15) is 9.83 Å². The van der Waals surface area contributed by atoms with E-state index in [1.165, 1.54) is 18.6 Å². The second kappa shape index (κ2) is 5.87. The predicted octanol–water partition coefficient (Wildman–Crippen LogP) is 0.948. The molecule has 2 N–H and O–H groups in total. The number of benzene rings is 1. The van der Waals surface area contributed by atoms with E-state index in [9.17, 15) is 15.1 Å². The molecule has 6 rings (SSSR count). The van der Waals surface area contributed by atoms with Crippen LogP contribution >= 0.6 is 0 Å². The lowest BCUT2D eigenvalue weighted by Crippen LogP contribution is -2.34. The quantitative estimate of drug-likeness (QED) is 0.512. The summed E-state index contributed by atoms with van der Waals surface area (Å²) in [7, 11) is 0. The fourth-order valence-electron chi connectivity index (χ4n) is 4.91. The molecular formula is C21H19N5O3. The molecule has 1 aromatic carbocycles. The number of rotatable bonds is 3. The summed E-state index contributed by atoms with van der Waals surface area (Å²) in [6.45, 7) is 0. The van der Waals surface area contributed by atoms with E-state index in [1.54, 1.807) is 4.68 Å². The molecule has 0 unspecified atom stereocenters. The molecular weight excluding hydrogens is 370 g/mol. The van der Waals surface area contributed by atoms with E-state index >= 15 is 0 Å². The van der Waals surface area contributed by atoms with Crippen LogP contribution < -0.4 is 10.0 Å². The van der Waals surface area contributed by atoms with Crippen molar-refractivity contribution in [3.8, 4) is 5.82 Å². The van der Waals surface area contributed by atoms with Crippen molar-refractivity contribution in [2.24, 2.45) is 5.92 Å². The minimum absolute atomic E-state index is 0.298. The molecule has 0 spiro atoms. The lowest BCUT2D eigenvalue weighted by molar-refractivity contribution is -0.605. The molecule has 2 aromatic heterocycles. The third-order valence-electron chi connectivity index (χ3n) is 6.35. The minimum Gasteiger partial charge on any atom is -0.619 e. The zero-order valence-electron chi connectivity index (χ0n) is 15.5. The zero-order valence-corrected chi connectivity index (χ0v) is 15.5. The molecule has 0 radical (unpaired) electrons. The first-order valence-electron chi connectivity index (χ1n) is 9.84. The first-order chi connectivity index (χ1) is 14.1. The molecule has 29 heavy (non-hydrogen) atoms. The van der Waals surface area contributed by atoms with Crippen LogP contribution in [0.2, 0.25) is 0 Å². The Morgan fingerprint density at radius 2 is 2.17 bits per heavy atom. The van der Waals surface area contributed by atoms with E-state index in [-0.39, 0.29) is 5.91 Å². The van der Waals surface area contributed by atoms with Crippen LogP contribution in [0.15, 0.2) is 42.9 Å². The molecule has 3 aliphatic carbocycles. The predicted molar refractivity (Wildman–Crippen MR) is 101 cm³/mol. The Hall–Kier alpha value is -3.26. The van der Waals surface area contributed by atoms with Crippen molar-refractivity contribution in [1.29, 1.82) is 0 Å². The van der Waals surface area contributed by atoms with Crippen molar-refractivity contribution in [3.63, 3.8) is 0 Å². The third-order valence-corrected chi connectivity index (χ3v) is 6.35. The number of nitrogens with one attached hydrogen (secondary N) is 1. The minimum atomic E-state index is -0.657. The van der Waals surface area contributed by atoms with Crippen molar-refractivity contribution >= 4 is 5.91 Å². The van der Waals surface area contributed by atoms with Crippen molar-refractivity contribution in [3.05, 3.63) is 76.1 Å². The summed E-state index contributed by atoms with van der Waals surface area (Å²) in [5.41, 5.74) is 4.30. The number of aliphatic hydroxyl groups is 1. The first-order valence-corrected chi connectivity index (χ1v) is 9.84. The molecule has 146 valence electrons. The van der Waals surface area contributed by atoms with Gasteiger partial charge in [-0.15, -0.1) is 0 Å². The highest BCUT2D eigenvalue weighted by atomic mass is 16.5. The molecule has 2 heterocycles. The Labute approximate surface area is 166 Å². The van der Waals surface area contributed by atoms with Crippen LogP contribution in [0.3, 0.4) is 0 Å². The molecule has 0 saturated heterocycles. The Kier molecular flexibility index (Phi) is 3.37. The number of nitrogens with zero attached hydrogens (tertiary/aromatic N) is 4. The van der Waals surface area contributed by atoms with Crippen LogP contribution in [0.5, 0.6) is 0 Å². The Balaban J connectivity index is 1.37. The lowest BCUT2D eigenvalue weighted by atomic mass is 10.1. The number of aliphatic hydroxyl groups excluding tert-OH is 1. The van der Waals surface area contributed by atoms with Crippen LogP contribution in [0.4, 0.5) is 0 Å². The summed E-state index contributed by atoms with van der Waals surface area (Å²) >= 11 is 0. The second-order valence-corrected chi connectivity index (χ2v) is 8.13. The molecule has 1 fully saturated rings. The number of fused-ring (bicyclic) bond motifs is 4. The van der Waals surface area contributed by atoms with E-state index in [0.29, 0.717) is 34.5 Å². The summed E-state index contributed by atoms with van der Waals surface area (Å²) in [5.74, 6) is 1.03. The molecule has 3 aromatic rings. The van der Waals surface area contributed by atoms with Gasteiger partial charge in [0, 0.05) is 17.9 Å². The van der Waals surface area contributed by atoms with Crippen molar-refractivity contribution in [2.45, 2.75) is 37.3 Å². The molecule has 3 aliphatic rings. The van der Waals surface area contributed by atoms with Crippen molar-refractivity contribution in [2.75, 3.05) is 0 Å². The number of amides is 1. The summed E-state index contributed by atoms with van der Waals surface area (Å²) in [4.78, 5) is 17.4. The van der Waals surface area contributed by atoms with Crippen LogP contribution in [-0.4, -0.2) is 31.9 Å². The van der Waals surface area contributed by atoms with E-state index < -0.39 is 12.1 Å². The van der Waals surface area contributed by atoms with Crippen LogP contribution in [0.25, 0.3) is 5.82 Å². The molecule has 8 heteroatoms. The molecule has 4 atom stereocenters. The van der Waals surface area contributed by atoms with Gasteiger partial charge in [0.05, 0.1) is 24.0 Å². The fourth-order valence-corrected chi connectivity index (χ4v) is 4.91. The SMILES string of the molecule is O=C(N[C@H]1c2ccccc2C[C@@H]1O)c1nn(-c2c[n+]([O-])ccn2)c2c1C[C@@H]1C[C@H]21. The van der Waals surface area contributed by atoms with Crippen LogP contribution in [0.1, 0.15) is 51.3 Å². The van der Waals surface area contributed by atoms with Crippen molar-refractivity contribution < 1.29 is 14.6 Å². The molecule has 1 saturated carbocycles. The highest BCUT2D eigenvalue weighted by Crippen LogP contribution is 2.57. The maximum Gasteiger partial charge on any atom is 0.272 e. The van der Waals surface area contributed by atoms with E-state index in [2.05, 4.69) is 15.4 Å². The van der Waals surface area contributed by atoms with Gasteiger partial charge in [0.25, 0.3) is 5.91 Å². The second-order valence-electron chi connectivity index (χ2n) is 8.13. The third kappa shape index (κ3) is 2.49. The zero-order chi connectivity index (χ0) is 19.7. The standard InChI is InChI=1S/C21H19N5O3/c27-16-9-11-3-1-2-4-13(11)18(16)23-21(28)19-15-8-12-7-14(12)20(15)26(24-19)17-10-25(29)6-5-22-17/h1-6,10,12,14,16,18,27H,7-9H2,(H,23,28)/t12-,14-,16-,18-/m0/s1. The normalized spacial score (nSPS) is 26.0. The van der Waals surface area contributed by atoms with Gasteiger partial charge in [-0.05, 0) is 29.9 Å². The largest absolute Gasteiger partial charge is 0.619 e. The topological polar surface area (TPSA) is 107 Å². The van der Waals surface area contributed by atoms with Gasteiger partial charge in [-0.25, -0.2) is 9.67 Å².